The Morgan fingerprint density at radius 1 is 1.29 bits per heavy atom. The van der Waals surface area contributed by atoms with Crippen LogP contribution in [0.1, 0.15) is 55.0 Å². The van der Waals surface area contributed by atoms with E-state index in [1.807, 2.05) is 32.0 Å². The average Bonchev–Trinajstić information content (AvgIpc) is 2.79. The normalized spacial score (nSPS) is 11.6. The van der Waals surface area contributed by atoms with Crippen molar-refractivity contribution >= 4 is 21.8 Å². The van der Waals surface area contributed by atoms with Crippen LogP contribution in [0.2, 0.25) is 0 Å². The van der Waals surface area contributed by atoms with Gasteiger partial charge < -0.3 is 4.74 Å². The predicted octanol–water partition coefficient (Wildman–Crippen LogP) is 4.84. The highest BCUT2D eigenvalue weighted by molar-refractivity contribution is 9.10. The van der Waals surface area contributed by atoms with Gasteiger partial charge in [-0.1, -0.05) is 33.8 Å². The summed E-state index contributed by atoms with van der Waals surface area (Å²) in [6.07, 6.45) is 0.867. The van der Waals surface area contributed by atoms with Crippen molar-refractivity contribution < 1.29 is 9.53 Å². The van der Waals surface area contributed by atoms with Gasteiger partial charge in [0, 0.05) is 5.69 Å². The number of aromatic nitrogens is 2. The highest BCUT2D eigenvalue weighted by Crippen LogP contribution is 2.31. The molecule has 0 fully saturated rings. The fourth-order valence-electron chi connectivity index (χ4n) is 2.71. The van der Waals surface area contributed by atoms with E-state index in [0.29, 0.717) is 5.75 Å². The first-order valence-corrected chi connectivity index (χ1v) is 8.95. The van der Waals surface area contributed by atoms with E-state index < -0.39 is 0 Å². The highest BCUT2D eigenvalue weighted by atomic mass is 79.9. The van der Waals surface area contributed by atoms with Gasteiger partial charge in [0.2, 0.25) is 0 Å². The smallest absolute Gasteiger partial charge is 0.284 e. The molecule has 1 heterocycles. The van der Waals surface area contributed by atoms with Crippen LogP contribution in [-0.2, 0) is 11.8 Å². The molecule has 4 nitrogen and oxygen atoms in total. The first-order chi connectivity index (χ1) is 11.1. The molecule has 1 aromatic carbocycles. The molecule has 24 heavy (non-hydrogen) atoms. The van der Waals surface area contributed by atoms with E-state index in [0.717, 1.165) is 27.8 Å². The predicted molar refractivity (Wildman–Crippen MR) is 100 cm³/mol. The molecule has 130 valence electrons. The monoisotopic (exact) mass is 392 g/mol. The molecule has 0 N–H and O–H groups in total. The Hall–Kier alpha value is -1.62. The molecule has 0 unspecified atom stereocenters. The molecule has 0 amide bonds. The van der Waals surface area contributed by atoms with Crippen molar-refractivity contribution in [3.8, 4) is 5.75 Å². The second-order valence-corrected chi connectivity index (χ2v) is 7.85. The molecule has 0 bridgehead atoms. The van der Waals surface area contributed by atoms with Gasteiger partial charge in [-0.3, -0.25) is 4.79 Å². The summed E-state index contributed by atoms with van der Waals surface area (Å²) in [5.41, 5.74) is 4.19. The summed E-state index contributed by atoms with van der Waals surface area (Å²) in [7, 11) is 0. The second-order valence-electron chi connectivity index (χ2n) is 6.99. The van der Waals surface area contributed by atoms with Gasteiger partial charge in [0.1, 0.15) is 5.75 Å². The number of aryl methyl sites for hydroxylation is 1. The van der Waals surface area contributed by atoms with Crippen LogP contribution in [0.25, 0.3) is 0 Å². The molecule has 0 spiro atoms. The highest BCUT2D eigenvalue weighted by Gasteiger charge is 2.18. The Morgan fingerprint density at radius 2 is 1.96 bits per heavy atom. The minimum Gasteiger partial charge on any atom is -0.483 e. The van der Waals surface area contributed by atoms with Gasteiger partial charge in [-0.25, -0.2) is 4.68 Å². The number of rotatable bonds is 4. The minimum absolute atomic E-state index is 0.0431. The number of benzene rings is 1. The molecule has 2 aromatic rings. The Balaban J connectivity index is 2.12. The molecular weight excluding hydrogens is 368 g/mol. The second kappa shape index (κ2) is 7.09. The lowest BCUT2D eigenvalue weighted by atomic mass is 9.87. The van der Waals surface area contributed by atoms with E-state index in [-0.39, 0.29) is 17.9 Å². The number of ether oxygens (including phenoxy) is 1. The lowest BCUT2D eigenvalue weighted by molar-refractivity contribution is 0.0817. The molecular formula is C19H25BrN2O2. The Bertz CT molecular complexity index is 757. The first kappa shape index (κ1) is 18.7. The van der Waals surface area contributed by atoms with Crippen molar-refractivity contribution in [1.29, 1.82) is 0 Å². The zero-order valence-corrected chi connectivity index (χ0v) is 16.8. The van der Waals surface area contributed by atoms with E-state index >= 15 is 0 Å². The Kier molecular flexibility index (Phi) is 5.53. The lowest BCUT2D eigenvalue weighted by Gasteiger charge is -2.20. The molecule has 0 saturated heterocycles. The SMILES string of the molecule is CCc1c(C)nn(C(=O)COc2ccc(C(C)(C)C)cc2Br)c1C. The molecule has 0 saturated carbocycles. The zero-order chi connectivity index (χ0) is 18.1. The van der Waals surface area contributed by atoms with Gasteiger partial charge in [-0.15, -0.1) is 0 Å². The quantitative estimate of drug-likeness (QED) is 0.747. The fraction of sp³-hybridized carbons (Fsp3) is 0.474. The van der Waals surface area contributed by atoms with Gasteiger partial charge in [-0.2, -0.15) is 5.10 Å². The first-order valence-electron chi connectivity index (χ1n) is 8.16. The van der Waals surface area contributed by atoms with E-state index in [9.17, 15) is 4.79 Å². The molecule has 0 radical (unpaired) electrons. The average molecular weight is 393 g/mol. The summed E-state index contributed by atoms with van der Waals surface area (Å²) in [6.45, 7) is 12.4. The molecule has 5 heteroatoms. The zero-order valence-electron chi connectivity index (χ0n) is 15.2. The summed E-state index contributed by atoms with van der Waals surface area (Å²) < 4.78 is 8.00. The number of nitrogens with zero attached hydrogens (tertiary/aromatic N) is 2. The fourth-order valence-corrected chi connectivity index (χ4v) is 3.21. The molecule has 1 aromatic heterocycles. The van der Waals surface area contributed by atoms with E-state index in [4.69, 9.17) is 4.74 Å². The van der Waals surface area contributed by atoms with E-state index in [2.05, 4.69) is 48.7 Å². The Labute approximate surface area is 152 Å². The summed E-state index contributed by atoms with van der Waals surface area (Å²) >= 11 is 3.53. The van der Waals surface area contributed by atoms with Crippen molar-refractivity contribution in [2.75, 3.05) is 6.61 Å². The van der Waals surface area contributed by atoms with Crippen LogP contribution in [0.5, 0.6) is 5.75 Å². The topological polar surface area (TPSA) is 44.1 Å². The molecule has 0 aliphatic carbocycles. The number of hydrogen-bond acceptors (Lipinski definition) is 3. The van der Waals surface area contributed by atoms with Crippen LogP contribution in [0.4, 0.5) is 0 Å². The van der Waals surface area contributed by atoms with Crippen molar-refractivity contribution in [3.05, 3.63) is 45.2 Å². The van der Waals surface area contributed by atoms with Crippen molar-refractivity contribution in [2.24, 2.45) is 0 Å². The molecule has 0 aliphatic rings. The van der Waals surface area contributed by atoms with Gasteiger partial charge in [-0.05, 0) is 64.9 Å². The number of carbonyl (C=O) groups is 1. The Morgan fingerprint density at radius 3 is 2.46 bits per heavy atom. The third-order valence-electron chi connectivity index (χ3n) is 4.18. The largest absolute Gasteiger partial charge is 0.483 e. The third kappa shape index (κ3) is 3.89. The van der Waals surface area contributed by atoms with Crippen molar-refractivity contribution in [3.63, 3.8) is 0 Å². The van der Waals surface area contributed by atoms with Crippen molar-refractivity contribution in [1.82, 2.24) is 9.78 Å². The summed E-state index contributed by atoms with van der Waals surface area (Å²) in [5.74, 6) is 0.496. The third-order valence-corrected chi connectivity index (χ3v) is 4.80. The van der Waals surface area contributed by atoms with Gasteiger partial charge >= 0.3 is 0 Å². The van der Waals surface area contributed by atoms with E-state index in [1.54, 1.807) is 0 Å². The van der Waals surface area contributed by atoms with Crippen LogP contribution < -0.4 is 4.74 Å². The standard InChI is InChI=1S/C19H25BrN2O2/c1-7-15-12(2)21-22(13(15)3)18(23)11-24-17-9-8-14(10-16(17)20)19(4,5)6/h8-10H,7,11H2,1-6H3. The lowest BCUT2D eigenvalue weighted by Crippen LogP contribution is -2.22. The van der Waals surface area contributed by atoms with Crippen LogP contribution in [0.3, 0.4) is 0 Å². The number of hydrogen-bond donors (Lipinski definition) is 0. The number of halogens is 1. The van der Waals surface area contributed by atoms with Crippen LogP contribution in [0.15, 0.2) is 22.7 Å². The maximum Gasteiger partial charge on any atom is 0.284 e. The van der Waals surface area contributed by atoms with Crippen LogP contribution in [0, 0.1) is 13.8 Å². The maximum atomic E-state index is 12.4. The van der Waals surface area contributed by atoms with Gasteiger partial charge in [0.15, 0.2) is 6.61 Å². The van der Waals surface area contributed by atoms with Crippen molar-refractivity contribution in [2.45, 2.75) is 53.4 Å². The van der Waals surface area contributed by atoms with E-state index in [1.165, 1.54) is 10.2 Å². The van der Waals surface area contributed by atoms with Crippen LogP contribution >= 0.6 is 15.9 Å². The molecule has 0 atom stereocenters. The molecule has 2 rings (SSSR count). The maximum absolute atomic E-state index is 12.4. The van der Waals surface area contributed by atoms with Crippen LogP contribution in [-0.4, -0.2) is 22.3 Å². The molecule has 0 aliphatic heterocycles. The summed E-state index contributed by atoms with van der Waals surface area (Å²) in [6, 6.07) is 5.97. The summed E-state index contributed by atoms with van der Waals surface area (Å²) in [4.78, 5) is 12.4. The van der Waals surface area contributed by atoms with Gasteiger partial charge in [0.25, 0.3) is 5.91 Å². The number of carbonyl (C=O) groups excluding carboxylic acids is 1. The van der Waals surface area contributed by atoms with Gasteiger partial charge in [0.05, 0.1) is 10.2 Å². The minimum atomic E-state index is -0.165. The summed E-state index contributed by atoms with van der Waals surface area (Å²) in [5, 5.41) is 4.34.